The van der Waals surface area contributed by atoms with E-state index in [4.69, 9.17) is 9.47 Å². The van der Waals surface area contributed by atoms with Gasteiger partial charge in [-0.15, -0.1) is 0 Å². The molecule has 5 nitrogen and oxygen atoms in total. The minimum absolute atomic E-state index is 0.243. The van der Waals surface area contributed by atoms with Gasteiger partial charge in [-0.2, -0.15) is 0 Å². The number of allylic oxidation sites excluding steroid dienone is 2. The SMILES string of the molecule is COc1ccccc1C(=O)Nc1ccc(OC(=O)CC2C=CCC2)cc1. The quantitative estimate of drug-likeness (QED) is 0.481. The van der Waals surface area contributed by atoms with Crippen LogP contribution in [-0.4, -0.2) is 19.0 Å². The highest BCUT2D eigenvalue weighted by atomic mass is 16.5. The molecule has 1 amide bonds. The molecule has 0 saturated heterocycles. The summed E-state index contributed by atoms with van der Waals surface area (Å²) in [6, 6.07) is 13.7. The van der Waals surface area contributed by atoms with Crippen LogP contribution in [0, 0.1) is 5.92 Å². The average molecular weight is 351 g/mol. The van der Waals surface area contributed by atoms with Crippen molar-refractivity contribution in [3.8, 4) is 11.5 Å². The molecule has 26 heavy (non-hydrogen) atoms. The first-order chi connectivity index (χ1) is 12.7. The molecule has 0 aliphatic heterocycles. The van der Waals surface area contributed by atoms with Crippen molar-refractivity contribution in [1.82, 2.24) is 0 Å². The van der Waals surface area contributed by atoms with Gasteiger partial charge in [-0.25, -0.2) is 0 Å². The maximum Gasteiger partial charge on any atom is 0.311 e. The highest BCUT2D eigenvalue weighted by molar-refractivity contribution is 6.06. The summed E-state index contributed by atoms with van der Waals surface area (Å²) in [6.07, 6.45) is 6.58. The molecular weight excluding hydrogens is 330 g/mol. The van der Waals surface area contributed by atoms with Crippen molar-refractivity contribution in [3.63, 3.8) is 0 Å². The van der Waals surface area contributed by atoms with Gasteiger partial charge >= 0.3 is 5.97 Å². The molecule has 1 unspecified atom stereocenters. The average Bonchev–Trinajstić information content (AvgIpc) is 3.16. The van der Waals surface area contributed by atoms with E-state index in [0.29, 0.717) is 29.2 Å². The van der Waals surface area contributed by atoms with Crippen LogP contribution < -0.4 is 14.8 Å². The predicted molar refractivity (Wildman–Crippen MR) is 99.5 cm³/mol. The van der Waals surface area contributed by atoms with Crippen molar-refractivity contribution >= 4 is 17.6 Å². The Morgan fingerprint density at radius 2 is 1.88 bits per heavy atom. The molecule has 0 radical (unpaired) electrons. The van der Waals surface area contributed by atoms with Crippen LogP contribution in [0.5, 0.6) is 11.5 Å². The molecule has 0 saturated carbocycles. The third-order valence-corrected chi connectivity index (χ3v) is 4.24. The Labute approximate surface area is 152 Å². The Balaban J connectivity index is 1.58. The minimum atomic E-state index is -0.264. The zero-order valence-corrected chi connectivity index (χ0v) is 14.6. The van der Waals surface area contributed by atoms with Crippen molar-refractivity contribution in [1.29, 1.82) is 0 Å². The lowest BCUT2D eigenvalue weighted by Crippen LogP contribution is -2.13. The number of carbonyl (C=O) groups excluding carboxylic acids is 2. The normalized spacial score (nSPS) is 15.5. The topological polar surface area (TPSA) is 64.6 Å². The van der Waals surface area contributed by atoms with Gasteiger partial charge in [0.25, 0.3) is 5.91 Å². The van der Waals surface area contributed by atoms with Gasteiger partial charge in [-0.3, -0.25) is 9.59 Å². The van der Waals surface area contributed by atoms with E-state index in [9.17, 15) is 9.59 Å². The number of amides is 1. The second-order valence-electron chi connectivity index (χ2n) is 6.12. The minimum Gasteiger partial charge on any atom is -0.496 e. The van der Waals surface area contributed by atoms with Crippen molar-refractivity contribution in [3.05, 3.63) is 66.2 Å². The highest BCUT2D eigenvalue weighted by Gasteiger charge is 2.16. The Morgan fingerprint density at radius 3 is 2.58 bits per heavy atom. The van der Waals surface area contributed by atoms with Crippen LogP contribution in [0.3, 0.4) is 0 Å². The highest BCUT2D eigenvalue weighted by Crippen LogP contribution is 2.23. The molecule has 134 valence electrons. The molecule has 0 spiro atoms. The summed E-state index contributed by atoms with van der Waals surface area (Å²) >= 11 is 0. The van der Waals surface area contributed by atoms with Gasteiger partial charge in [0.1, 0.15) is 11.5 Å². The largest absolute Gasteiger partial charge is 0.496 e. The zero-order chi connectivity index (χ0) is 18.4. The lowest BCUT2D eigenvalue weighted by molar-refractivity contribution is -0.135. The fourth-order valence-electron chi connectivity index (χ4n) is 2.89. The fraction of sp³-hybridized carbons (Fsp3) is 0.238. The lowest BCUT2D eigenvalue weighted by atomic mass is 10.1. The summed E-state index contributed by atoms with van der Waals surface area (Å²) in [5, 5.41) is 2.80. The van der Waals surface area contributed by atoms with E-state index < -0.39 is 0 Å². The predicted octanol–water partition coefficient (Wildman–Crippen LogP) is 4.21. The first-order valence-electron chi connectivity index (χ1n) is 8.57. The first-order valence-corrected chi connectivity index (χ1v) is 8.57. The molecule has 0 bridgehead atoms. The Bertz CT molecular complexity index is 811. The van der Waals surface area contributed by atoms with Gasteiger partial charge in [0.15, 0.2) is 0 Å². The number of methoxy groups -OCH3 is 1. The molecule has 2 aromatic carbocycles. The lowest BCUT2D eigenvalue weighted by Gasteiger charge is -2.10. The maximum absolute atomic E-state index is 12.4. The summed E-state index contributed by atoms with van der Waals surface area (Å²) in [7, 11) is 1.52. The van der Waals surface area contributed by atoms with E-state index in [1.54, 1.807) is 48.5 Å². The molecule has 0 aromatic heterocycles. The molecular formula is C21H21NO4. The maximum atomic E-state index is 12.4. The second-order valence-corrected chi connectivity index (χ2v) is 6.12. The van der Waals surface area contributed by atoms with E-state index in [1.165, 1.54) is 7.11 Å². The number of rotatable bonds is 6. The molecule has 0 heterocycles. The number of hydrogen-bond acceptors (Lipinski definition) is 4. The van der Waals surface area contributed by atoms with Crippen LogP contribution in [0.25, 0.3) is 0 Å². The summed E-state index contributed by atoms with van der Waals surface area (Å²) in [5.41, 5.74) is 1.06. The van der Waals surface area contributed by atoms with Crippen molar-refractivity contribution in [2.75, 3.05) is 12.4 Å². The molecule has 1 aliphatic rings. The molecule has 1 N–H and O–H groups in total. The van der Waals surface area contributed by atoms with Gasteiger partial charge in [0.2, 0.25) is 0 Å². The summed E-state index contributed by atoms with van der Waals surface area (Å²) in [6.45, 7) is 0. The third kappa shape index (κ3) is 4.51. The monoisotopic (exact) mass is 351 g/mol. The summed E-state index contributed by atoms with van der Waals surface area (Å²) in [4.78, 5) is 24.3. The zero-order valence-electron chi connectivity index (χ0n) is 14.6. The molecule has 1 aliphatic carbocycles. The number of anilines is 1. The standard InChI is InChI=1S/C21H21NO4/c1-25-19-9-5-4-8-18(19)21(24)22-16-10-12-17(13-11-16)26-20(23)14-15-6-2-3-7-15/h2,4-6,8-13,15H,3,7,14H2,1H3,(H,22,24). The van der Waals surface area contributed by atoms with Gasteiger partial charge in [0.05, 0.1) is 19.1 Å². The number of ether oxygens (including phenoxy) is 2. The Morgan fingerprint density at radius 1 is 1.12 bits per heavy atom. The van der Waals surface area contributed by atoms with Gasteiger partial charge < -0.3 is 14.8 Å². The fourth-order valence-corrected chi connectivity index (χ4v) is 2.89. The molecule has 2 aromatic rings. The number of para-hydroxylation sites is 1. The molecule has 5 heteroatoms. The Hall–Kier alpha value is -3.08. The van der Waals surface area contributed by atoms with Crippen molar-refractivity contribution in [2.24, 2.45) is 5.92 Å². The van der Waals surface area contributed by atoms with E-state index in [1.807, 2.05) is 0 Å². The number of esters is 1. The first kappa shape index (κ1) is 17.7. The molecule has 3 rings (SSSR count). The van der Waals surface area contributed by atoms with Crippen molar-refractivity contribution in [2.45, 2.75) is 19.3 Å². The van der Waals surface area contributed by atoms with E-state index >= 15 is 0 Å². The molecule has 1 atom stereocenters. The van der Waals surface area contributed by atoms with Crippen LogP contribution in [0.1, 0.15) is 29.6 Å². The van der Waals surface area contributed by atoms with Crippen LogP contribution in [0.4, 0.5) is 5.69 Å². The van der Waals surface area contributed by atoms with Gasteiger partial charge in [-0.1, -0.05) is 24.3 Å². The van der Waals surface area contributed by atoms with Gasteiger partial charge in [0, 0.05) is 5.69 Å². The Kier molecular flexibility index (Phi) is 5.69. The van der Waals surface area contributed by atoms with Crippen LogP contribution in [-0.2, 0) is 4.79 Å². The second kappa shape index (κ2) is 8.34. The summed E-state index contributed by atoms with van der Waals surface area (Å²) < 4.78 is 10.6. The number of nitrogens with one attached hydrogen (secondary N) is 1. The smallest absolute Gasteiger partial charge is 0.311 e. The van der Waals surface area contributed by atoms with E-state index in [2.05, 4.69) is 17.5 Å². The molecule has 0 fully saturated rings. The number of hydrogen-bond donors (Lipinski definition) is 1. The van der Waals surface area contributed by atoms with Gasteiger partial charge in [-0.05, 0) is 55.2 Å². The van der Waals surface area contributed by atoms with E-state index in [0.717, 1.165) is 12.8 Å². The third-order valence-electron chi connectivity index (χ3n) is 4.24. The van der Waals surface area contributed by atoms with Crippen molar-refractivity contribution < 1.29 is 19.1 Å². The number of carbonyl (C=O) groups is 2. The van der Waals surface area contributed by atoms with Crippen LogP contribution >= 0.6 is 0 Å². The summed E-state index contributed by atoms with van der Waals surface area (Å²) in [5.74, 6) is 0.748. The van der Waals surface area contributed by atoms with Crippen LogP contribution in [0.2, 0.25) is 0 Å². The number of benzene rings is 2. The van der Waals surface area contributed by atoms with E-state index in [-0.39, 0.29) is 17.8 Å². The van der Waals surface area contributed by atoms with Crippen LogP contribution in [0.15, 0.2) is 60.7 Å².